The fraction of sp³-hybridized carbons (Fsp3) is 0.333. The zero-order chi connectivity index (χ0) is 21.8. The van der Waals surface area contributed by atoms with E-state index >= 15 is 0 Å². The molecule has 1 saturated heterocycles. The highest BCUT2D eigenvalue weighted by molar-refractivity contribution is 9.10. The van der Waals surface area contributed by atoms with E-state index in [9.17, 15) is 4.79 Å². The Kier molecular flexibility index (Phi) is 6.73. The molecule has 7 heteroatoms. The number of aryl methyl sites for hydroxylation is 2. The van der Waals surface area contributed by atoms with Gasteiger partial charge in [-0.1, -0.05) is 24.3 Å². The lowest BCUT2D eigenvalue weighted by atomic mass is 10.1. The number of ether oxygens (including phenoxy) is 1. The van der Waals surface area contributed by atoms with Gasteiger partial charge in [-0.05, 0) is 52.7 Å². The van der Waals surface area contributed by atoms with Crippen LogP contribution in [0.25, 0.3) is 0 Å². The molecule has 1 fully saturated rings. The van der Waals surface area contributed by atoms with Crippen LogP contribution in [0, 0.1) is 6.92 Å². The summed E-state index contributed by atoms with van der Waals surface area (Å²) in [7, 11) is 1.95. The van der Waals surface area contributed by atoms with Gasteiger partial charge in [0.2, 0.25) is 0 Å². The van der Waals surface area contributed by atoms with E-state index in [1.165, 1.54) is 5.56 Å². The molecular weight excluding hydrogens is 456 g/mol. The summed E-state index contributed by atoms with van der Waals surface area (Å²) < 4.78 is 8.68. The number of para-hydroxylation sites is 1. The van der Waals surface area contributed by atoms with Gasteiger partial charge in [-0.3, -0.25) is 14.4 Å². The normalized spacial score (nSPS) is 14.6. The van der Waals surface area contributed by atoms with Gasteiger partial charge in [-0.2, -0.15) is 5.10 Å². The molecule has 0 radical (unpaired) electrons. The van der Waals surface area contributed by atoms with Crippen LogP contribution in [0.15, 0.2) is 59.2 Å². The van der Waals surface area contributed by atoms with E-state index in [0.29, 0.717) is 12.2 Å². The highest BCUT2D eigenvalue weighted by atomic mass is 79.9. The Balaban J connectivity index is 1.33. The monoisotopic (exact) mass is 482 g/mol. The number of carbonyl (C=O) groups excluding carboxylic acids is 1. The number of hydrogen-bond acceptors (Lipinski definition) is 4. The molecule has 2 aromatic carbocycles. The lowest BCUT2D eigenvalue weighted by Crippen LogP contribution is -2.48. The topological polar surface area (TPSA) is 50.6 Å². The van der Waals surface area contributed by atoms with Gasteiger partial charge in [-0.25, -0.2) is 0 Å². The van der Waals surface area contributed by atoms with Crippen LogP contribution in [0.5, 0.6) is 5.75 Å². The highest BCUT2D eigenvalue weighted by Gasteiger charge is 2.23. The number of nitrogens with zero attached hydrogens (tertiary/aromatic N) is 4. The van der Waals surface area contributed by atoms with E-state index in [2.05, 4.69) is 32.1 Å². The number of carbonyl (C=O) groups is 1. The van der Waals surface area contributed by atoms with Gasteiger partial charge in [0.1, 0.15) is 12.4 Å². The molecule has 0 spiro atoms. The van der Waals surface area contributed by atoms with Crippen LogP contribution in [-0.2, 0) is 20.2 Å². The van der Waals surface area contributed by atoms with Crippen molar-refractivity contribution in [3.05, 3.63) is 81.6 Å². The molecule has 6 nitrogen and oxygen atoms in total. The van der Waals surface area contributed by atoms with Gasteiger partial charge in [0.15, 0.2) is 0 Å². The number of aromatic nitrogens is 2. The first-order chi connectivity index (χ1) is 15.0. The molecule has 31 heavy (non-hydrogen) atoms. The van der Waals surface area contributed by atoms with Crippen molar-refractivity contribution in [2.24, 2.45) is 7.05 Å². The first-order valence-electron chi connectivity index (χ1n) is 10.5. The van der Waals surface area contributed by atoms with Crippen LogP contribution in [0.3, 0.4) is 0 Å². The van der Waals surface area contributed by atoms with Gasteiger partial charge in [0.25, 0.3) is 5.91 Å². The fourth-order valence-corrected chi connectivity index (χ4v) is 4.25. The van der Waals surface area contributed by atoms with Crippen molar-refractivity contribution in [2.45, 2.75) is 20.1 Å². The van der Waals surface area contributed by atoms with Crippen LogP contribution < -0.4 is 4.74 Å². The summed E-state index contributed by atoms with van der Waals surface area (Å²) in [6.07, 6.45) is 2.08. The summed E-state index contributed by atoms with van der Waals surface area (Å²) in [6, 6.07) is 15.5. The second-order valence-electron chi connectivity index (χ2n) is 7.90. The van der Waals surface area contributed by atoms with Crippen LogP contribution in [0.2, 0.25) is 0 Å². The molecule has 2 heterocycles. The van der Waals surface area contributed by atoms with E-state index in [-0.39, 0.29) is 5.91 Å². The maximum absolute atomic E-state index is 13.0. The predicted molar refractivity (Wildman–Crippen MR) is 124 cm³/mol. The number of piperazine rings is 1. The van der Waals surface area contributed by atoms with Gasteiger partial charge in [0, 0.05) is 57.1 Å². The average Bonchev–Trinajstić information content (AvgIpc) is 3.10. The highest BCUT2D eigenvalue weighted by Crippen LogP contribution is 2.25. The molecule has 0 N–H and O–H groups in total. The largest absolute Gasteiger partial charge is 0.488 e. The van der Waals surface area contributed by atoms with Crippen LogP contribution >= 0.6 is 15.9 Å². The first kappa shape index (κ1) is 21.6. The summed E-state index contributed by atoms with van der Waals surface area (Å²) >= 11 is 3.50. The Morgan fingerprint density at radius 2 is 1.87 bits per heavy atom. The Hall–Kier alpha value is -2.64. The summed E-state index contributed by atoms with van der Waals surface area (Å²) in [5.74, 6) is 0.874. The Morgan fingerprint density at radius 3 is 2.58 bits per heavy atom. The zero-order valence-electron chi connectivity index (χ0n) is 17.9. The van der Waals surface area contributed by atoms with Crippen molar-refractivity contribution in [1.82, 2.24) is 19.6 Å². The molecule has 1 aliphatic heterocycles. The minimum absolute atomic E-state index is 0.0833. The quantitative estimate of drug-likeness (QED) is 0.532. The van der Waals surface area contributed by atoms with Crippen LogP contribution in [0.4, 0.5) is 0 Å². The van der Waals surface area contributed by atoms with Gasteiger partial charge < -0.3 is 9.64 Å². The minimum atomic E-state index is 0.0833. The van der Waals surface area contributed by atoms with Gasteiger partial charge in [-0.15, -0.1) is 0 Å². The molecular formula is C24H27BrN4O2. The zero-order valence-corrected chi connectivity index (χ0v) is 19.5. The van der Waals surface area contributed by atoms with E-state index in [0.717, 1.165) is 54.2 Å². The van der Waals surface area contributed by atoms with E-state index in [4.69, 9.17) is 4.74 Å². The lowest BCUT2D eigenvalue weighted by molar-refractivity contribution is 0.0628. The number of halogens is 1. The molecule has 4 rings (SSSR count). The molecule has 0 unspecified atom stereocenters. The maximum atomic E-state index is 13.0. The third-order valence-electron chi connectivity index (χ3n) is 5.57. The molecule has 0 aliphatic carbocycles. The van der Waals surface area contributed by atoms with Crippen molar-refractivity contribution in [3.63, 3.8) is 0 Å². The molecule has 0 saturated carbocycles. The summed E-state index contributed by atoms with van der Waals surface area (Å²) in [5, 5.41) is 4.42. The smallest absolute Gasteiger partial charge is 0.253 e. The molecule has 3 aromatic rings. The van der Waals surface area contributed by atoms with Crippen molar-refractivity contribution in [2.75, 3.05) is 26.2 Å². The van der Waals surface area contributed by atoms with Crippen molar-refractivity contribution in [1.29, 1.82) is 0 Å². The Morgan fingerprint density at radius 1 is 1.10 bits per heavy atom. The van der Waals surface area contributed by atoms with Crippen molar-refractivity contribution >= 4 is 21.8 Å². The number of amides is 1. The van der Waals surface area contributed by atoms with Gasteiger partial charge in [0.05, 0.1) is 10.2 Å². The molecule has 1 amide bonds. The minimum Gasteiger partial charge on any atom is -0.488 e. The average molecular weight is 483 g/mol. The van der Waals surface area contributed by atoms with E-state index in [1.54, 1.807) is 0 Å². The van der Waals surface area contributed by atoms with Crippen LogP contribution in [-0.4, -0.2) is 51.7 Å². The lowest BCUT2D eigenvalue weighted by Gasteiger charge is -2.34. The van der Waals surface area contributed by atoms with E-state index in [1.807, 2.05) is 72.1 Å². The Bertz CT molecular complexity index is 1060. The number of benzene rings is 2. The second-order valence-corrected chi connectivity index (χ2v) is 8.76. The summed E-state index contributed by atoms with van der Waals surface area (Å²) in [4.78, 5) is 17.4. The first-order valence-corrected chi connectivity index (χ1v) is 11.3. The summed E-state index contributed by atoms with van der Waals surface area (Å²) in [5.41, 5.74) is 4.01. The second kappa shape index (κ2) is 9.66. The standard InChI is InChI=1S/C24H27BrN4O2/c1-18-21(15-27(2)26-18)16-28-10-12-29(13-11-28)24(30)20-7-5-6-19(14-20)17-31-23-9-4-3-8-22(23)25/h3-9,14-15H,10-13,16-17H2,1-2H3. The third-order valence-corrected chi connectivity index (χ3v) is 6.23. The molecule has 162 valence electrons. The fourth-order valence-electron chi connectivity index (χ4n) is 3.85. The maximum Gasteiger partial charge on any atom is 0.253 e. The molecule has 0 bridgehead atoms. The van der Waals surface area contributed by atoms with Gasteiger partial charge >= 0.3 is 0 Å². The van der Waals surface area contributed by atoms with Crippen LogP contribution in [0.1, 0.15) is 27.2 Å². The van der Waals surface area contributed by atoms with E-state index < -0.39 is 0 Å². The third kappa shape index (κ3) is 5.35. The molecule has 1 aliphatic rings. The van der Waals surface area contributed by atoms with Crippen molar-refractivity contribution in [3.8, 4) is 5.75 Å². The molecule has 0 atom stereocenters. The summed E-state index contributed by atoms with van der Waals surface area (Å²) in [6.45, 7) is 6.54. The predicted octanol–water partition coefficient (Wildman–Crippen LogP) is 4.03. The number of hydrogen-bond donors (Lipinski definition) is 0. The SMILES string of the molecule is Cc1nn(C)cc1CN1CCN(C(=O)c2cccc(COc3ccccc3Br)c2)CC1. The number of rotatable bonds is 6. The molecule has 1 aromatic heterocycles. The Labute approximate surface area is 191 Å². The van der Waals surface area contributed by atoms with Crippen molar-refractivity contribution < 1.29 is 9.53 Å².